The standard InChI is InChI=1S/C21H13ClFN5O2S2/c1-11-16(18(28-30-11)17-14(22)3-2-4-15(17)23)19(29)25-20-26-27-21(32-20)31-10-13-7-5-12(9-24)6-8-13/h2-8H,10H2,1H3,(H,25,26,29). The van der Waals surface area contributed by atoms with E-state index in [4.69, 9.17) is 21.4 Å². The van der Waals surface area contributed by atoms with Gasteiger partial charge in [0.25, 0.3) is 5.91 Å². The number of aryl methyl sites for hydroxylation is 1. The van der Waals surface area contributed by atoms with Gasteiger partial charge in [-0.3, -0.25) is 10.1 Å². The largest absolute Gasteiger partial charge is 0.360 e. The lowest BCUT2D eigenvalue weighted by Gasteiger charge is -2.05. The van der Waals surface area contributed by atoms with Crippen molar-refractivity contribution in [2.45, 2.75) is 17.0 Å². The molecule has 2 aromatic heterocycles. The summed E-state index contributed by atoms with van der Waals surface area (Å²) in [5, 5.41) is 23.8. The molecule has 1 N–H and O–H groups in total. The number of hydrogen-bond donors (Lipinski definition) is 1. The Labute approximate surface area is 195 Å². The van der Waals surface area contributed by atoms with Crippen molar-refractivity contribution in [3.05, 3.63) is 75.8 Å². The number of nitrogens with zero attached hydrogens (tertiary/aromatic N) is 4. The molecular formula is C21H13ClFN5O2S2. The minimum atomic E-state index is -0.614. The van der Waals surface area contributed by atoms with Gasteiger partial charge in [-0.2, -0.15) is 5.26 Å². The predicted molar refractivity (Wildman–Crippen MR) is 120 cm³/mol. The minimum absolute atomic E-state index is 0.00732. The van der Waals surface area contributed by atoms with Gasteiger partial charge in [0.05, 0.1) is 22.2 Å². The van der Waals surface area contributed by atoms with E-state index in [-0.39, 0.29) is 32.7 Å². The molecule has 11 heteroatoms. The summed E-state index contributed by atoms with van der Waals surface area (Å²) in [6.07, 6.45) is 0. The van der Waals surface area contributed by atoms with Gasteiger partial charge in [0, 0.05) is 5.75 Å². The molecule has 160 valence electrons. The Morgan fingerprint density at radius 3 is 2.78 bits per heavy atom. The molecule has 0 bridgehead atoms. The van der Waals surface area contributed by atoms with E-state index < -0.39 is 11.7 Å². The molecule has 0 aliphatic carbocycles. The van der Waals surface area contributed by atoms with Crippen molar-refractivity contribution < 1.29 is 13.7 Å². The number of thioether (sulfide) groups is 1. The highest BCUT2D eigenvalue weighted by Gasteiger charge is 2.26. The lowest BCUT2D eigenvalue weighted by Crippen LogP contribution is -2.13. The number of nitrogens with one attached hydrogen (secondary N) is 1. The van der Waals surface area contributed by atoms with Crippen molar-refractivity contribution >= 4 is 45.7 Å². The van der Waals surface area contributed by atoms with Crippen molar-refractivity contribution in [2.75, 3.05) is 5.32 Å². The third kappa shape index (κ3) is 4.65. The molecule has 0 spiro atoms. The molecule has 2 aromatic carbocycles. The molecule has 4 aromatic rings. The zero-order valence-electron chi connectivity index (χ0n) is 16.4. The SMILES string of the molecule is Cc1onc(-c2c(F)cccc2Cl)c1C(=O)Nc1nnc(SCc2ccc(C#N)cc2)s1. The van der Waals surface area contributed by atoms with Gasteiger partial charge in [0.2, 0.25) is 5.13 Å². The summed E-state index contributed by atoms with van der Waals surface area (Å²) in [7, 11) is 0. The molecule has 0 atom stereocenters. The zero-order chi connectivity index (χ0) is 22.7. The Morgan fingerprint density at radius 1 is 1.28 bits per heavy atom. The second-order valence-corrected chi connectivity index (χ2v) is 9.09. The van der Waals surface area contributed by atoms with Crippen LogP contribution in [0.25, 0.3) is 11.3 Å². The van der Waals surface area contributed by atoms with Crippen molar-refractivity contribution in [1.82, 2.24) is 15.4 Å². The summed E-state index contributed by atoms with van der Waals surface area (Å²) < 4.78 is 20.1. The van der Waals surface area contributed by atoms with E-state index in [9.17, 15) is 9.18 Å². The van der Waals surface area contributed by atoms with Gasteiger partial charge in [0.1, 0.15) is 22.8 Å². The first-order valence-corrected chi connectivity index (χ1v) is 11.3. The molecule has 0 fully saturated rings. The van der Waals surface area contributed by atoms with Crippen LogP contribution in [0.3, 0.4) is 0 Å². The lowest BCUT2D eigenvalue weighted by molar-refractivity contribution is 0.102. The number of carbonyl (C=O) groups is 1. The number of benzene rings is 2. The molecule has 32 heavy (non-hydrogen) atoms. The Kier molecular flexibility index (Phi) is 6.50. The fourth-order valence-electron chi connectivity index (χ4n) is 2.83. The van der Waals surface area contributed by atoms with Crippen LogP contribution in [0.4, 0.5) is 9.52 Å². The predicted octanol–water partition coefficient (Wildman–Crippen LogP) is 5.71. The lowest BCUT2D eigenvalue weighted by atomic mass is 10.1. The van der Waals surface area contributed by atoms with Crippen LogP contribution in [-0.4, -0.2) is 21.3 Å². The average Bonchev–Trinajstić information content (AvgIpc) is 3.39. The van der Waals surface area contributed by atoms with Crippen molar-refractivity contribution in [2.24, 2.45) is 0 Å². The van der Waals surface area contributed by atoms with Crippen molar-refractivity contribution in [3.8, 4) is 17.3 Å². The summed E-state index contributed by atoms with van der Waals surface area (Å²) >= 11 is 8.78. The highest BCUT2D eigenvalue weighted by atomic mass is 35.5. The summed E-state index contributed by atoms with van der Waals surface area (Å²) in [5.74, 6) is -0.318. The summed E-state index contributed by atoms with van der Waals surface area (Å²) in [5.41, 5.74) is 1.70. The Bertz CT molecular complexity index is 1310. The maximum absolute atomic E-state index is 14.3. The highest BCUT2D eigenvalue weighted by Crippen LogP contribution is 2.34. The van der Waals surface area contributed by atoms with Crippen molar-refractivity contribution in [1.29, 1.82) is 5.26 Å². The van der Waals surface area contributed by atoms with Crippen LogP contribution in [0.2, 0.25) is 5.02 Å². The van der Waals surface area contributed by atoms with E-state index in [1.807, 2.05) is 12.1 Å². The van der Waals surface area contributed by atoms with E-state index in [1.54, 1.807) is 19.1 Å². The van der Waals surface area contributed by atoms with Gasteiger partial charge >= 0.3 is 0 Å². The Hall–Kier alpha value is -3.26. The monoisotopic (exact) mass is 485 g/mol. The summed E-state index contributed by atoms with van der Waals surface area (Å²) in [4.78, 5) is 12.9. The molecule has 2 heterocycles. The van der Waals surface area contributed by atoms with Crippen LogP contribution in [0.1, 0.15) is 27.2 Å². The fraction of sp³-hybridized carbons (Fsp3) is 0.0952. The molecule has 7 nitrogen and oxygen atoms in total. The van der Waals surface area contributed by atoms with E-state index in [0.717, 1.165) is 5.56 Å². The van der Waals surface area contributed by atoms with E-state index in [0.29, 0.717) is 15.7 Å². The summed E-state index contributed by atoms with van der Waals surface area (Å²) in [6.45, 7) is 1.55. The maximum atomic E-state index is 14.3. The molecule has 0 radical (unpaired) electrons. The second kappa shape index (κ2) is 9.48. The van der Waals surface area contributed by atoms with Gasteiger partial charge in [-0.25, -0.2) is 4.39 Å². The smallest absolute Gasteiger partial charge is 0.263 e. The topological polar surface area (TPSA) is 105 Å². The Balaban J connectivity index is 1.48. The number of halogens is 2. The molecule has 0 aliphatic rings. The quantitative estimate of drug-likeness (QED) is 0.275. The van der Waals surface area contributed by atoms with Crippen LogP contribution >= 0.6 is 34.7 Å². The highest BCUT2D eigenvalue weighted by molar-refractivity contribution is 8.00. The van der Waals surface area contributed by atoms with Crippen LogP contribution in [0, 0.1) is 24.1 Å². The molecular weight excluding hydrogens is 473 g/mol. The number of aromatic nitrogens is 3. The van der Waals surface area contributed by atoms with Gasteiger partial charge in [-0.05, 0) is 36.8 Å². The number of nitriles is 1. The zero-order valence-corrected chi connectivity index (χ0v) is 18.8. The molecule has 0 saturated heterocycles. The van der Waals surface area contributed by atoms with Crippen LogP contribution < -0.4 is 5.32 Å². The van der Waals surface area contributed by atoms with Crippen LogP contribution in [0.15, 0.2) is 51.3 Å². The number of hydrogen-bond acceptors (Lipinski definition) is 8. The van der Waals surface area contributed by atoms with Crippen LogP contribution in [0.5, 0.6) is 0 Å². The molecule has 1 amide bonds. The van der Waals surface area contributed by atoms with E-state index in [1.165, 1.54) is 41.3 Å². The van der Waals surface area contributed by atoms with Gasteiger partial charge in [0.15, 0.2) is 4.34 Å². The first kappa shape index (κ1) is 22.0. The minimum Gasteiger partial charge on any atom is -0.360 e. The third-order valence-electron chi connectivity index (χ3n) is 4.36. The number of carbonyl (C=O) groups excluding carboxylic acids is 1. The second-order valence-electron chi connectivity index (χ2n) is 6.48. The Morgan fingerprint density at radius 2 is 2.06 bits per heavy atom. The number of anilines is 1. The molecule has 0 aliphatic heterocycles. The number of rotatable bonds is 6. The van der Waals surface area contributed by atoms with Gasteiger partial charge in [-0.1, -0.05) is 58.1 Å². The average molecular weight is 486 g/mol. The maximum Gasteiger partial charge on any atom is 0.263 e. The number of amides is 1. The first-order valence-electron chi connectivity index (χ1n) is 9.13. The van der Waals surface area contributed by atoms with Crippen molar-refractivity contribution in [3.63, 3.8) is 0 Å². The molecule has 0 unspecified atom stereocenters. The normalized spacial score (nSPS) is 10.7. The summed E-state index contributed by atoms with van der Waals surface area (Å²) in [6, 6.07) is 13.5. The van der Waals surface area contributed by atoms with E-state index >= 15 is 0 Å². The fourth-order valence-corrected chi connectivity index (χ4v) is 4.79. The van der Waals surface area contributed by atoms with Gasteiger partial charge < -0.3 is 4.52 Å². The van der Waals surface area contributed by atoms with E-state index in [2.05, 4.69) is 26.7 Å². The van der Waals surface area contributed by atoms with Crippen LogP contribution in [-0.2, 0) is 5.75 Å². The molecule has 0 saturated carbocycles. The third-order valence-corrected chi connectivity index (χ3v) is 6.72. The first-order chi connectivity index (χ1) is 15.5. The molecule has 4 rings (SSSR count). The van der Waals surface area contributed by atoms with Gasteiger partial charge in [-0.15, -0.1) is 10.2 Å².